The van der Waals surface area contributed by atoms with Gasteiger partial charge in [-0.3, -0.25) is 0 Å². The van der Waals surface area contributed by atoms with Gasteiger partial charge in [-0.1, -0.05) is 18.2 Å². The summed E-state index contributed by atoms with van der Waals surface area (Å²) in [6.45, 7) is 1.89. The molecule has 4 nitrogen and oxygen atoms in total. The molecule has 24 heavy (non-hydrogen) atoms. The number of sulfonamides is 1. The zero-order chi connectivity index (χ0) is 17.3. The molecule has 1 aromatic carbocycles. The molecule has 1 aromatic heterocycles. The fourth-order valence-electron chi connectivity index (χ4n) is 2.76. The van der Waals surface area contributed by atoms with Crippen molar-refractivity contribution in [2.45, 2.75) is 18.4 Å². The predicted octanol–water partition coefficient (Wildman–Crippen LogP) is 3.15. The molecule has 126 valence electrons. The number of hydrogen-bond donors (Lipinski definition) is 0. The molecule has 0 bridgehead atoms. The summed E-state index contributed by atoms with van der Waals surface area (Å²) < 4.78 is 54.3. The minimum absolute atomic E-state index is 0.0129. The van der Waals surface area contributed by atoms with Gasteiger partial charge in [0, 0.05) is 24.8 Å². The van der Waals surface area contributed by atoms with E-state index in [9.17, 15) is 17.2 Å². The average Bonchev–Trinajstić information content (AvgIpc) is 2.55. The van der Waals surface area contributed by atoms with E-state index in [4.69, 9.17) is 0 Å². The quantitative estimate of drug-likeness (QED) is 0.854. The van der Waals surface area contributed by atoms with Gasteiger partial charge in [-0.2, -0.15) is 4.31 Å². The zero-order valence-corrected chi connectivity index (χ0v) is 13.9. The predicted molar refractivity (Wildman–Crippen MR) is 86.7 cm³/mol. The van der Waals surface area contributed by atoms with Gasteiger partial charge in [-0.05, 0) is 42.7 Å². The van der Waals surface area contributed by atoms with Gasteiger partial charge in [0.15, 0.2) is 5.03 Å². The van der Waals surface area contributed by atoms with E-state index in [0.29, 0.717) is 11.1 Å². The Hall–Kier alpha value is -2.12. The van der Waals surface area contributed by atoms with Crippen LogP contribution in [0.4, 0.5) is 8.78 Å². The first-order chi connectivity index (χ1) is 11.4. The van der Waals surface area contributed by atoms with Crippen LogP contribution in [-0.4, -0.2) is 30.8 Å². The maximum atomic E-state index is 13.9. The second kappa shape index (κ2) is 6.41. The second-order valence-electron chi connectivity index (χ2n) is 5.56. The van der Waals surface area contributed by atoms with Crippen molar-refractivity contribution in [2.24, 2.45) is 0 Å². The van der Waals surface area contributed by atoms with E-state index in [-0.39, 0.29) is 30.1 Å². The van der Waals surface area contributed by atoms with Crippen LogP contribution in [0.5, 0.6) is 0 Å². The molecule has 0 saturated carbocycles. The molecule has 1 aliphatic heterocycles. The fraction of sp³-hybridized carbons (Fsp3) is 0.235. The Morgan fingerprint density at radius 1 is 1.12 bits per heavy atom. The Bertz CT molecular complexity index is 890. The van der Waals surface area contributed by atoms with E-state index in [2.05, 4.69) is 4.98 Å². The van der Waals surface area contributed by atoms with Gasteiger partial charge in [-0.15, -0.1) is 0 Å². The van der Waals surface area contributed by atoms with Crippen molar-refractivity contribution >= 4 is 15.6 Å². The number of benzene rings is 1. The van der Waals surface area contributed by atoms with Crippen LogP contribution in [0.15, 0.2) is 47.6 Å². The highest BCUT2D eigenvalue weighted by molar-refractivity contribution is 7.89. The van der Waals surface area contributed by atoms with E-state index in [1.165, 1.54) is 28.7 Å². The summed E-state index contributed by atoms with van der Waals surface area (Å²) in [4.78, 5) is 3.96. The van der Waals surface area contributed by atoms with Crippen LogP contribution in [0, 0.1) is 18.6 Å². The summed E-state index contributed by atoms with van der Waals surface area (Å²) in [5.74, 6) is -1.28. The largest absolute Gasteiger partial charge is 0.261 e. The van der Waals surface area contributed by atoms with Crippen molar-refractivity contribution in [3.63, 3.8) is 0 Å². The lowest BCUT2D eigenvalue weighted by Crippen LogP contribution is -2.35. The smallest absolute Gasteiger partial charge is 0.243 e. The van der Waals surface area contributed by atoms with E-state index < -0.39 is 21.7 Å². The Labute approximate surface area is 139 Å². The van der Waals surface area contributed by atoms with Gasteiger partial charge in [0.05, 0.1) is 0 Å². The van der Waals surface area contributed by atoms with Gasteiger partial charge in [0.2, 0.25) is 0 Å². The topological polar surface area (TPSA) is 50.3 Å². The highest BCUT2D eigenvalue weighted by atomic mass is 32.2. The number of rotatable bonds is 3. The molecule has 0 amide bonds. The number of halogens is 2. The third kappa shape index (κ3) is 2.97. The van der Waals surface area contributed by atoms with Crippen LogP contribution >= 0.6 is 0 Å². The molecule has 0 atom stereocenters. The monoisotopic (exact) mass is 350 g/mol. The Morgan fingerprint density at radius 3 is 2.42 bits per heavy atom. The minimum atomic E-state index is -3.73. The minimum Gasteiger partial charge on any atom is -0.243 e. The van der Waals surface area contributed by atoms with Crippen molar-refractivity contribution in [3.8, 4) is 0 Å². The standard InChI is InChI=1S/C17H16F2N2O2S/c1-12-4-3-9-20-17(12)24(22,23)21-10-7-13(8-11-21)16-14(18)5-2-6-15(16)19/h2-7,9H,8,10-11H2,1H3. The van der Waals surface area contributed by atoms with Crippen molar-refractivity contribution < 1.29 is 17.2 Å². The van der Waals surface area contributed by atoms with Gasteiger partial charge in [0.25, 0.3) is 10.0 Å². The third-order valence-corrected chi connectivity index (χ3v) is 5.93. The fourth-order valence-corrected chi connectivity index (χ4v) is 4.28. The molecule has 0 N–H and O–H groups in total. The van der Waals surface area contributed by atoms with E-state index in [1.54, 1.807) is 25.1 Å². The van der Waals surface area contributed by atoms with Gasteiger partial charge >= 0.3 is 0 Å². The molecule has 0 radical (unpaired) electrons. The lowest BCUT2D eigenvalue weighted by Gasteiger charge is -2.26. The first-order valence-corrected chi connectivity index (χ1v) is 8.90. The van der Waals surface area contributed by atoms with Crippen molar-refractivity contribution in [1.29, 1.82) is 0 Å². The van der Waals surface area contributed by atoms with E-state index in [1.807, 2.05) is 0 Å². The SMILES string of the molecule is Cc1cccnc1S(=O)(=O)N1CC=C(c2c(F)cccc2F)CC1. The summed E-state index contributed by atoms with van der Waals surface area (Å²) in [7, 11) is -3.73. The lowest BCUT2D eigenvalue weighted by atomic mass is 9.99. The van der Waals surface area contributed by atoms with Crippen LogP contribution in [0.1, 0.15) is 17.5 Å². The molecule has 0 fully saturated rings. The molecule has 1 aliphatic rings. The Kier molecular flexibility index (Phi) is 4.47. The summed E-state index contributed by atoms with van der Waals surface area (Å²) in [5, 5.41) is 0.0129. The number of hydrogen-bond acceptors (Lipinski definition) is 3. The van der Waals surface area contributed by atoms with Crippen molar-refractivity contribution in [2.75, 3.05) is 13.1 Å². The third-order valence-electron chi connectivity index (χ3n) is 4.00. The maximum absolute atomic E-state index is 13.9. The molecule has 0 saturated heterocycles. The molecular weight excluding hydrogens is 334 g/mol. The van der Waals surface area contributed by atoms with Crippen LogP contribution in [-0.2, 0) is 10.0 Å². The summed E-state index contributed by atoms with van der Waals surface area (Å²) in [6.07, 6.45) is 3.23. The lowest BCUT2D eigenvalue weighted by molar-refractivity contribution is 0.437. The van der Waals surface area contributed by atoms with Crippen LogP contribution in [0.2, 0.25) is 0 Å². The number of aromatic nitrogens is 1. The highest BCUT2D eigenvalue weighted by Crippen LogP contribution is 2.29. The number of aryl methyl sites for hydroxylation is 1. The molecule has 7 heteroatoms. The molecule has 2 heterocycles. The second-order valence-corrected chi connectivity index (χ2v) is 7.42. The summed E-state index contributed by atoms with van der Waals surface area (Å²) in [5.41, 5.74) is 0.964. The zero-order valence-electron chi connectivity index (χ0n) is 13.0. The summed E-state index contributed by atoms with van der Waals surface area (Å²) >= 11 is 0. The summed E-state index contributed by atoms with van der Waals surface area (Å²) in [6, 6.07) is 7.04. The van der Waals surface area contributed by atoms with Crippen LogP contribution < -0.4 is 0 Å². The van der Waals surface area contributed by atoms with Crippen molar-refractivity contribution in [3.05, 3.63) is 65.4 Å². The van der Waals surface area contributed by atoms with Crippen molar-refractivity contribution in [1.82, 2.24) is 9.29 Å². The van der Waals surface area contributed by atoms with Gasteiger partial charge < -0.3 is 0 Å². The maximum Gasteiger partial charge on any atom is 0.261 e. The molecule has 0 spiro atoms. The van der Waals surface area contributed by atoms with Crippen LogP contribution in [0.25, 0.3) is 5.57 Å². The Morgan fingerprint density at radius 2 is 1.83 bits per heavy atom. The Balaban J connectivity index is 1.89. The number of nitrogens with zero attached hydrogens (tertiary/aromatic N) is 2. The van der Waals surface area contributed by atoms with E-state index in [0.717, 1.165) is 0 Å². The average molecular weight is 350 g/mol. The first kappa shape index (κ1) is 16.7. The highest BCUT2D eigenvalue weighted by Gasteiger charge is 2.29. The molecule has 3 rings (SSSR count). The first-order valence-electron chi connectivity index (χ1n) is 7.46. The number of pyridine rings is 1. The molecule has 0 aliphatic carbocycles. The molecule has 2 aromatic rings. The molecule has 0 unspecified atom stereocenters. The van der Waals surface area contributed by atoms with Gasteiger partial charge in [0.1, 0.15) is 11.6 Å². The normalized spacial score (nSPS) is 16.0. The van der Waals surface area contributed by atoms with Gasteiger partial charge in [-0.25, -0.2) is 22.2 Å². The van der Waals surface area contributed by atoms with Crippen LogP contribution in [0.3, 0.4) is 0 Å². The molecular formula is C17H16F2N2O2S. The van der Waals surface area contributed by atoms with E-state index >= 15 is 0 Å².